The van der Waals surface area contributed by atoms with E-state index in [2.05, 4.69) is 29.8 Å². The summed E-state index contributed by atoms with van der Waals surface area (Å²) >= 11 is 9.39. The van der Waals surface area contributed by atoms with Gasteiger partial charge in [-0.2, -0.15) is 0 Å². The molecule has 1 rings (SSSR count). The van der Waals surface area contributed by atoms with Gasteiger partial charge >= 0.3 is 0 Å². The van der Waals surface area contributed by atoms with E-state index in [1.54, 1.807) is 12.1 Å². The van der Waals surface area contributed by atoms with Crippen molar-refractivity contribution in [2.75, 3.05) is 6.54 Å². The summed E-state index contributed by atoms with van der Waals surface area (Å²) in [6.45, 7) is 4.73. The normalized spacial score (nSPS) is 15.0. The predicted octanol–water partition coefficient (Wildman–Crippen LogP) is 3.76. The molecule has 0 saturated heterocycles. The van der Waals surface area contributed by atoms with Crippen molar-refractivity contribution in [3.8, 4) is 0 Å². The van der Waals surface area contributed by atoms with E-state index in [0.29, 0.717) is 17.5 Å². The molecule has 4 heteroatoms. The molecule has 0 fully saturated rings. The van der Waals surface area contributed by atoms with Crippen molar-refractivity contribution in [1.82, 2.24) is 0 Å². The van der Waals surface area contributed by atoms with Gasteiger partial charge in [-0.15, -0.1) is 0 Å². The lowest BCUT2D eigenvalue weighted by molar-refractivity contribution is 0.0988. The van der Waals surface area contributed by atoms with E-state index in [-0.39, 0.29) is 5.92 Å². The molecule has 0 amide bonds. The van der Waals surface area contributed by atoms with E-state index < -0.39 is 6.10 Å². The van der Waals surface area contributed by atoms with E-state index in [1.165, 1.54) is 0 Å². The van der Waals surface area contributed by atoms with Crippen LogP contribution >= 0.6 is 27.5 Å². The number of rotatable bonds is 5. The van der Waals surface area contributed by atoms with E-state index in [0.717, 1.165) is 16.5 Å². The van der Waals surface area contributed by atoms with Crippen LogP contribution in [0.15, 0.2) is 22.7 Å². The second-order valence-electron chi connectivity index (χ2n) is 4.74. The third kappa shape index (κ3) is 4.25. The Bertz CT molecular complexity index is 370. The molecule has 0 aromatic heterocycles. The number of hydrogen-bond donors (Lipinski definition) is 2. The zero-order chi connectivity index (χ0) is 13.0. The minimum Gasteiger partial charge on any atom is -0.388 e. The SMILES string of the molecule is CC(C)CC(CN)C(O)c1cc(Cl)ccc1Br. The molecule has 17 heavy (non-hydrogen) atoms. The third-order valence-corrected chi connectivity index (χ3v) is 3.76. The first-order valence-electron chi connectivity index (χ1n) is 5.78. The number of hydrogen-bond acceptors (Lipinski definition) is 2. The fourth-order valence-electron chi connectivity index (χ4n) is 1.95. The first-order chi connectivity index (χ1) is 7.95. The van der Waals surface area contributed by atoms with Gasteiger partial charge in [0, 0.05) is 15.4 Å². The molecule has 2 unspecified atom stereocenters. The summed E-state index contributed by atoms with van der Waals surface area (Å²) in [5.41, 5.74) is 6.55. The largest absolute Gasteiger partial charge is 0.388 e. The monoisotopic (exact) mass is 319 g/mol. The van der Waals surface area contributed by atoms with Gasteiger partial charge in [-0.3, -0.25) is 0 Å². The smallest absolute Gasteiger partial charge is 0.0841 e. The number of aliphatic hydroxyl groups excluding tert-OH is 1. The predicted molar refractivity (Wildman–Crippen MR) is 76.1 cm³/mol. The molecule has 1 aromatic rings. The van der Waals surface area contributed by atoms with Crippen LogP contribution in [0.4, 0.5) is 0 Å². The van der Waals surface area contributed by atoms with Gasteiger partial charge in [-0.1, -0.05) is 41.4 Å². The molecule has 0 heterocycles. The van der Waals surface area contributed by atoms with Crippen LogP contribution in [-0.2, 0) is 0 Å². The topological polar surface area (TPSA) is 46.2 Å². The number of aliphatic hydroxyl groups is 1. The molecule has 96 valence electrons. The zero-order valence-electron chi connectivity index (χ0n) is 10.2. The van der Waals surface area contributed by atoms with Crippen LogP contribution in [0.25, 0.3) is 0 Å². The summed E-state index contributed by atoms with van der Waals surface area (Å²) < 4.78 is 0.872. The lowest BCUT2D eigenvalue weighted by Crippen LogP contribution is -2.23. The Morgan fingerprint density at radius 1 is 1.41 bits per heavy atom. The minimum absolute atomic E-state index is 0.0600. The molecule has 0 aliphatic carbocycles. The maximum atomic E-state index is 10.4. The van der Waals surface area contributed by atoms with Crippen LogP contribution in [0.1, 0.15) is 31.9 Å². The Kier molecular flexibility index (Phi) is 5.93. The van der Waals surface area contributed by atoms with Crippen LogP contribution in [0.2, 0.25) is 5.02 Å². The molecule has 0 aliphatic rings. The number of nitrogens with two attached hydrogens (primary N) is 1. The molecule has 3 N–H and O–H groups in total. The highest BCUT2D eigenvalue weighted by molar-refractivity contribution is 9.10. The summed E-state index contributed by atoms with van der Waals surface area (Å²) in [7, 11) is 0. The maximum Gasteiger partial charge on any atom is 0.0841 e. The second kappa shape index (κ2) is 6.74. The first-order valence-corrected chi connectivity index (χ1v) is 6.95. The van der Waals surface area contributed by atoms with E-state index in [9.17, 15) is 5.11 Å². The molecule has 2 atom stereocenters. The Balaban J connectivity index is 2.92. The van der Waals surface area contributed by atoms with Gasteiger partial charge in [-0.25, -0.2) is 0 Å². The van der Waals surface area contributed by atoms with Crippen LogP contribution in [0.3, 0.4) is 0 Å². The number of halogens is 2. The Labute approximate surface area is 116 Å². The first kappa shape index (κ1) is 15.0. The van der Waals surface area contributed by atoms with Crippen molar-refractivity contribution in [2.45, 2.75) is 26.4 Å². The molecule has 0 bridgehead atoms. The Morgan fingerprint density at radius 3 is 2.59 bits per heavy atom. The summed E-state index contributed by atoms with van der Waals surface area (Å²) in [5, 5.41) is 11.0. The van der Waals surface area contributed by atoms with Gasteiger partial charge < -0.3 is 10.8 Å². The summed E-state index contributed by atoms with van der Waals surface area (Å²) in [5.74, 6) is 0.570. The van der Waals surface area contributed by atoms with Gasteiger partial charge in [0.1, 0.15) is 0 Å². The minimum atomic E-state index is -0.574. The highest BCUT2D eigenvalue weighted by atomic mass is 79.9. The van der Waals surface area contributed by atoms with Crippen LogP contribution in [-0.4, -0.2) is 11.7 Å². The second-order valence-corrected chi connectivity index (χ2v) is 6.03. The maximum absolute atomic E-state index is 10.4. The summed E-state index contributed by atoms with van der Waals surface area (Å²) in [6, 6.07) is 5.44. The summed E-state index contributed by atoms with van der Waals surface area (Å²) in [4.78, 5) is 0. The molecule has 2 nitrogen and oxygen atoms in total. The Hall–Kier alpha value is -0.0900. The van der Waals surface area contributed by atoms with Crippen molar-refractivity contribution in [1.29, 1.82) is 0 Å². The fourth-order valence-corrected chi connectivity index (χ4v) is 2.62. The molecule has 0 aliphatic heterocycles. The average Bonchev–Trinajstić information content (AvgIpc) is 2.28. The van der Waals surface area contributed by atoms with Crippen molar-refractivity contribution >= 4 is 27.5 Å². The van der Waals surface area contributed by atoms with Crippen molar-refractivity contribution < 1.29 is 5.11 Å². The third-order valence-electron chi connectivity index (χ3n) is 2.80. The average molecular weight is 321 g/mol. The highest BCUT2D eigenvalue weighted by Crippen LogP contribution is 2.33. The van der Waals surface area contributed by atoms with Crippen LogP contribution < -0.4 is 5.73 Å². The van der Waals surface area contributed by atoms with Gasteiger partial charge in [0.15, 0.2) is 0 Å². The standard InChI is InChI=1S/C13H19BrClNO/c1-8(2)5-9(7-16)13(17)11-6-10(15)3-4-12(11)14/h3-4,6,8-9,13,17H,5,7,16H2,1-2H3. The highest BCUT2D eigenvalue weighted by Gasteiger charge is 2.22. The molecular formula is C13H19BrClNO. The fraction of sp³-hybridized carbons (Fsp3) is 0.538. The van der Waals surface area contributed by atoms with Gasteiger partial charge in [0.25, 0.3) is 0 Å². The van der Waals surface area contributed by atoms with Crippen molar-refractivity contribution in [2.24, 2.45) is 17.6 Å². The number of benzene rings is 1. The van der Waals surface area contributed by atoms with E-state index in [1.807, 2.05) is 6.07 Å². The lowest BCUT2D eigenvalue weighted by Gasteiger charge is -2.24. The lowest BCUT2D eigenvalue weighted by atomic mass is 9.88. The van der Waals surface area contributed by atoms with E-state index in [4.69, 9.17) is 17.3 Å². The van der Waals surface area contributed by atoms with Crippen LogP contribution in [0.5, 0.6) is 0 Å². The van der Waals surface area contributed by atoms with Crippen LogP contribution in [0, 0.1) is 11.8 Å². The van der Waals surface area contributed by atoms with Gasteiger partial charge in [-0.05, 0) is 42.6 Å². The van der Waals surface area contributed by atoms with Gasteiger partial charge in [0.05, 0.1) is 6.10 Å². The zero-order valence-corrected chi connectivity index (χ0v) is 12.5. The molecule has 0 radical (unpaired) electrons. The quantitative estimate of drug-likeness (QED) is 0.868. The van der Waals surface area contributed by atoms with Gasteiger partial charge in [0.2, 0.25) is 0 Å². The molecule has 0 spiro atoms. The Morgan fingerprint density at radius 2 is 2.06 bits per heavy atom. The van der Waals surface area contributed by atoms with Crippen molar-refractivity contribution in [3.05, 3.63) is 33.3 Å². The van der Waals surface area contributed by atoms with E-state index >= 15 is 0 Å². The molecular weight excluding hydrogens is 302 g/mol. The van der Waals surface area contributed by atoms with Crippen molar-refractivity contribution in [3.63, 3.8) is 0 Å². The summed E-state index contributed by atoms with van der Waals surface area (Å²) in [6.07, 6.45) is 0.326. The molecule has 0 saturated carbocycles. The molecule has 1 aromatic carbocycles.